The summed E-state index contributed by atoms with van der Waals surface area (Å²) in [6.07, 6.45) is 1.82. The molecule has 1 atom stereocenters. The Balaban J connectivity index is 1.77. The van der Waals surface area contributed by atoms with Gasteiger partial charge in [-0.05, 0) is 54.9 Å². The number of benzene rings is 2. The minimum atomic E-state index is -0.285. The smallest absolute Gasteiger partial charge is 0.282 e. The molecule has 162 valence electrons. The van der Waals surface area contributed by atoms with E-state index in [1.807, 2.05) is 60.4 Å². The largest absolute Gasteiger partial charge is 0.396 e. The van der Waals surface area contributed by atoms with Crippen molar-refractivity contribution in [1.29, 1.82) is 0 Å². The van der Waals surface area contributed by atoms with Gasteiger partial charge in [0, 0.05) is 19.7 Å². The van der Waals surface area contributed by atoms with Crippen molar-refractivity contribution in [2.75, 3.05) is 24.6 Å². The molecule has 0 saturated carbocycles. The predicted octanol–water partition coefficient (Wildman–Crippen LogP) is 4.11. The third-order valence-electron chi connectivity index (χ3n) is 6.31. The number of amides is 2. The van der Waals surface area contributed by atoms with Crippen LogP contribution < -0.4 is 4.90 Å². The number of likely N-dealkylation sites (tertiary alicyclic amines) is 1. The number of carbonyl (C=O) groups excluding carboxylic acids is 2. The number of imide groups is 1. The number of hydrogen-bond donors (Lipinski definition) is 1. The van der Waals surface area contributed by atoms with E-state index < -0.39 is 0 Å². The van der Waals surface area contributed by atoms with Crippen LogP contribution in [0.4, 0.5) is 5.69 Å². The van der Waals surface area contributed by atoms with Crippen LogP contribution in [-0.2, 0) is 9.59 Å². The zero-order chi connectivity index (χ0) is 22.1. The Kier molecular flexibility index (Phi) is 5.96. The molecule has 0 radical (unpaired) electrons. The number of rotatable bonds is 5. The van der Waals surface area contributed by atoms with Gasteiger partial charge in [0.15, 0.2) is 0 Å². The fourth-order valence-corrected chi connectivity index (χ4v) is 4.45. The third kappa shape index (κ3) is 4.02. The summed E-state index contributed by atoms with van der Waals surface area (Å²) in [5.74, 6) is -0.0777. The Morgan fingerprint density at radius 3 is 2.29 bits per heavy atom. The summed E-state index contributed by atoms with van der Waals surface area (Å²) < 4.78 is 0. The molecule has 2 aromatic rings. The van der Waals surface area contributed by atoms with Crippen LogP contribution >= 0.6 is 0 Å². The van der Waals surface area contributed by atoms with E-state index in [1.54, 1.807) is 0 Å². The quantitative estimate of drug-likeness (QED) is 0.743. The van der Waals surface area contributed by atoms with Crippen molar-refractivity contribution in [2.45, 2.75) is 39.5 Å². The maximum absolute atomic E-state index is 13.6. The van der Waals surface area contributed by atoms with Crippen LogP contribution in [0, 0.1) is 12.8 Å². The van der Waals surface area contributed by atoms with Gasteiger partial charge in [-0.3, -0.25) is 9.59 Å². The van der Waals surface area contributed by atoms with Crippen LogP contribution in [0.3, 0.4) is 0 Å². The molecule has 0 aromatic heterocycles. The standard InChI is InChI=1S/C26H30N2O3/c1-17(2)20-10-12-22(13-11-20)28-25(30)23(21-8-6-18(3)7-9-21)24(26(28)31)27-14-4-5-19(15-27)16-29/h6-13,17,19,29H,4-5,14-16H2,1-3H3. The predicted molar refractivity (Wildman–Crippen MR) is 123 cm³/mol. The van der Waals surface area contributed by atoms with E-state index in [2.05, 4.69) is 13.8 Å². The second kappa shape index (κ2) is 8.67. The van der Waals surface area contributed by atoms with Crippen molar-refractivity contribution < 1.29 is 14.7 Å². The van der Waals surface area contributed by atoms with Crippen LogP contribution in [0.5, 0.6) is 0 Å². The highest BCUT2D eigenvalue weighted by molar-refractivity contribution is 6.45. The van der Waals surface area contributed by atoms with E-state index in [1.165, 1.54) is 4.90 Å². The topological polar surface area (TPSA) is 60.9 Å². The lowest BCUT2D eigenvalue weighted by atomic mass is 9.96. The number of anilines is 1. The molecule has 2 aliphatic rings. The lowest BCUT2D eigenvalue weighted by Gasteiger charge is -2.34. The van der Waals surface area contributed by atoms with Crippen LogP contribution in [0.1, 0.15) is 49.3 Å². The maximum Gasteiger partial charge on any atom is 0.282 e. The minimum absolute atomic E-state index is 0.0894. The molecule has 0 aliphatic carbocycles. The average molecular weight is 419 g/mol. The summed E-state index contributed by atoms with van der Waals surface area (Å²) in [6, 6.07) is 15.4. The molecule has 0 bridgehead atoms. The molecular weight excluding hydrogens is 388 g/mol. The van der Waals surface area contributed by atoms with Gasteiger partial charge in [0.25, 0.3) is 11.8 Å². The van der Waals surface area contributed by atoms with Crippen LogP contribution in [0.25, 0.3) is 5.57 Å². The fourth-order valence-electron chi connectivity index (χ4n) is 4.45. The Labute approximate surface area is 184 Å². The zero-order valence-electron chi connectivity index (χ0n) is 18.5. The van der Waals surface area contributed by atoms with Gasteiger partial charge in [-0.2, -0.15) is 0 Å². The van der Waals surface area contributed by atoms with Gasteiger partial charge in [0.2, 0.25) is 0 Å². The lowest BCUT2D eigenvalue weighted by molar-refractivity contribution is -0.120. The van der Waals surface area contributed by atoms with Gasteiger partial charge in [-0.25, -0.2) is 4.90 Å². The normalized spacial score (nSPS) is 19.7. The molecular formula is C26H30N2O3. The maximum atomic E-state index is 13.6. The Bertz CT molecular complexity index is 1010. The molecule has 31 heavy (non-hydrogen) atoms. The lowest BCUT2D eigenvalue weighted by Crippen LogP contribution is -2.40. The van der Waals surface area contributed by atoms with Crippen molar-refractivity contribution in [1.82, 2.24) is 4.90 Å². The fraction of sp³-hybridized carbons (Fsp3) is 0.385. The third-order valence-corrected chi connectivity index (χ3v) is 6.31. The SMILES string of the molecule is Cc1ccc(C2=C(N3CCCC(CO)C3)C(=O)N(c3ccc(C(C)C)cc3)C2=O)cc1. The van der Waals surface area contributed by atoms with E-state index in [-0.39, 0.29) is 24.3 Å². The van der Waals surface area contributed by atoms with E-state index in [9.17, 15) is 14.7 Å². The number of aliphatic hydroxyl groups excluding tert-OH is 1. The van der Waals surface area contributed by atoms with Crippen molar-refractivity contribution in [3.63, 3.8) is 0 Å². The molecule has 5 heteroatoms. The van der Waals surface area contributed by atoms with Crippen LogP contribution in [-0.4, -0.2) is 41.5 Å². The number of nitrogens with zero attached hydrogens (tertiary/aromatic N) is 2. The van der Waals surface area contributed by atoms with Crippen LogP contribution in [0.15, 0.2) is 54.2 Å². The first kappa shape index (κ1) is 21.3. The summed E-state index contributed by atoms with van der Waals surface area (Å²) in [7, 11) is 0. The molecule has 1 fully saturated rings. The summed E-state index contributed by atoms with van der Waals surface area (Å²) in [5.41, 5.74) is 4.52. The first-order valence-electron chi connectivity index (χ1n) is 11.1. The molecule has 1 saturated heterocycles. The van der Waals surface area contributed by atoms with Crippen molar-refractivity contribution in [3.05, 3.63) is 70.9 Å². The first-order chi connectivity index (χ1) is 14.9. The first-order valence-corrected chi connectivity index (χ1v) is 11.1. The number of hydrogen-bond acceptors (Lipinski definition) is 4. The van der Waals surface area contributed by atoms with Crippen molar-refractivity contribution >= 4 is 23.1 Å². The molecule has 4 rings (SSSR count). The molecule has 1 N–H and O–H groups in total. The molecule has 2 aromatic carbocycles. The number of aryl methyl sites for hydroxylation is 1. The van der Waals surface area contributed by atoms with E-state index in [0.29, 0.717) is 36.0 Å². The van der Waals surface area contributed by atoms with Gasteiger partial charge >= 0.3 is 0 Å². The van der Waals surface area contributed by atoms with Crippen molar-refractivity contribution in [3.8, 4) is 0 Å². The van der Waals surface area contributed by atoms with Gasteiger partial charge < -0.3 is 10.0 Å². The summed E-state index contributed by atoms with van der Waals surface area (Å²) in [4.78, 5) is 30.5. The van der Waals surface area contributed by atoms with Crippen LogP contribution in [0.2, 0.25) is 0 Å². The Hall–Kier alpha value is -2.92. The van der Waals surface area contributed by atoms with Gasteiger partial charge in [0.05, 0.1) is 11.3 Å². The molecule has 2 amide bonds. The molecule has 2 aliphatic heterocycles. The average Bonchev–Trinajstić information content (AvgIpc) is 3.04. The van der Waals surface area contributed by atoms with Gasteiger partial charge in [-0.15, -0.1) is 0 Å². The molecule has 5 nitrogen and oxygen atoms in total. The summed E-state index contributed by atoms with van der Waals surface area (Å²) in [6.45, 7) is 7.61. The Morgan fingerprint density at radius 2 is 1.68 bits per heavy atom. The molecule has 1 unspecified atom stereocenters. The Morgan fingerprint density at radius 1 is 1.00 bits per heavy atom. The summed E-state index contributed by atoms with van der Waals surface area (Å²) in [5, 5.41) is 9.68. The second-order valence-corrected chi connectivity index (χ2v) is 8.92. The molecule has 0 spiro atoms. The number of aliphatic hydroxyl groups is 1. The second-order valence-electron chi connectivity index (χ2n) is 8.92. The van der Waals surface area contributed by atoms with Gasteiger partial charge in [-0.1, -0.05) is 55.8 Å². The number of piperidine rings is 1. The number of carbonyl (C=O) groups is 2. The van der Waals surface area contributed by atoms with E-state index in [0.717, 1.165) is 29.5 Å². The summed E-state index contributed by atoms with van der Waals surface area (Å²) >= 11 is 0. The monoisotopic (exact) mass is 418 g/mol. The van der Waals surface area contributed by atoms with E-state index in [4.69, 9.17) is 0 Å². The highest BCUT2D eigenvalue weighted by atomic mass is 16.3. The minimum Gasteiger partial charge on any atom is -0.396 e. The van der Waals surface area contributed by atoms with Crippen molar-refractivity contribution in [2.24, 2.45) is 5.92 Å². The van der Waals surface area contributed by atoms with Gasteiger partial charge in [0.1, 0.15) is 5.70 Å². The highest BCUT2D eigenvalue weighted by Crippen LogP contribution is 2.36. The highest BCUT2D eigenvalue weighted by Gasteiger charge is 2.43. The van der Waals surface area contributed by atoms with E-state index >= 15 is 0 Å². The molecule has 2 heterocycles. The zero-order valence-corrected chi connectivity index (χ0v) is 18.5.